The molecule has 0 fully saturated rings. The van der Waals surface area contributed by atoms with Crippen LogP contribution in [0.15, 0.2) is 12.3 Å². The lowest BCUT2D eigenvalue weighted by Crippen LogP contribution is -2.33. The molecule has 1 N–H and O–H groups in total. The molecule has 1 unspecified atom stereocenters. The highest BCUT2D eigenvalue weighted by atomic mass is 35.5. The molecule has 0 radical (unpaired) electrons. The largest absolute Gasteiger partial charge is 0.350 e. The molecule has 0 saturated carbocycles. The molecule has 1 atom stereocenters. The van der Waals surface area contributed by atoms with Crippen LogP contribution in [0.25, 0.3) is 0 Å². The first-order chi connectivity index (χ1) is 8.54. The Bertz CT molecular complexity index is 415. The van der Waals surface area contributed by atoms with Gasteiger partial charge in [0.05, 0.1) is 10.6 Å². The number of rotatable bonds is 6. The minimum absolute atomic E-state index is 0.131. The number of hydrogen-bond donors (Lipinski definition) is 1. The van der Waals surface area contributed by atoms with E-state index in [2.05, 4.69) is 17.2 Å². The monoisotopic (exact) mass is 306 g/mol. The second-order valence-electron chi connectivity index (χ2n) is 3.86. The first kappa shape index (κ1) is 15.6. The van der Waals surface area contributed by atoms with Crippen molar-refractivity contribution in [3.05, 3.63) is 28.0 Å². The number of nitrogens with one attached hydrogen (secondary N) is 1. The quantitative estimate of drug-likeness (QED) is 0.644. The standard InChI is InChI=1S/C12H16Cl2N2OS/c1-3-18-5-4-8(2)16-12(17)9-6-10(13)11(14)15-7-9/h6-8H,3-5H2,1-2H3,(H,16,17). The van der Waals surface area contributed by atoms with E-state index in [9.17, 15) is 4.79 Å². The summed E-state index contributed by atoms with van der Waals surface area (Å²) in [5, 5.41) is 3.41. The molecule has 0 aromatic carbocycles. The highest BCUT2D eigenvalue weighted by Gasteiger charge is 2.11. The van der Waals surface area contributed by atoms with E-state index in [4.69, 9.17) is 23.2 Å². The van der Waals surface area contributed by atoms with Crippen molar-refractivity contribution in [2.75, 3.05) is 11.5 Å². The molecule has 0 aliphatic rings. The third-order valence-electron chi connectivity index (χ3n) is 2.34. The zero-order valence-electron chi connectivity index (χ0n) is 10.4. The van der Waals surface area contributed by atoms with Gasteiger partial charge in [0.25, 0.3) is 5.91 Å². The van der Waals surface area contributed by atoms with Gasteiger partial charge in [0.15, 0.2) is 0 Å². The Labute approximate surface area is 122 Å². The Kier molecular flexibility index (Phi) is 6.82. The average Bonchev–Trinajstić information content (AvgIpc) is 2.33. The molecule has 0 aliphatic carbocycles. The lowest BCUT2D eigenvalue weighted by Gasteiger charge is -2.13. The van der Waals surface area contributed by atoms with Gasteiger partial charge in [-0.05, 0) is 30.9 Å². The van der Waals surface area contributed by atoms with Crippen molar-refractivity contribution < 1.29 is 4.79 Å². The molecular formula is C12H16Cl2N2OS. The van der Waals surface area contributed by atoms with Gasteiger partial charge in [0.2, 0.25) is 0 Å². The Morgan fingerprint density at radius 3 is 2.89 bits per heavy atom. The number of carbonyl (C=O) groups is 1. The predicted octanol–water partition coefficient (Wildman–Crippen LogP) is 3.65. The lowest BCUT2D eigenvalue weighted by atomic mass is 10.2. The van der Waals surface area contributed by atoms with Gasteiger partial charge in [-0.2, -0.15) is 11.8 Å². The molecule has 0 spiro atoms. The highest BCUT2D eigenvalue weighted by Crippen LogP contribution is 2.19. The van der Waals surface area contributed by atoms with Crippen LogP contribution < -0.4 is 5.32 Å². The minimum atomic E-state index is -0.171. The van der Waals surface area contributed by atoms with Crippen LogP contribution in [-0.2, 0) is 0 Å². The molecule has 0 aliphatic heterocycles. The van der Waals surface area contributed by atoms with E-state index in [1.54, 1.807) is 0 Å². The number of nitrogens with zero attached hydrogens (tertiary/aromatic N) is 1. The Hall–Kier alpha value is -0.450. The summed E-state index contributed by atoms with van der Waals surface area (Å²) in [6.45, 7) is 4.11. The maximum Gasteiger partial charge on any atom is 0.253 e. The Morgan fingerprint density at radius 1 is 1.56 bits per heavy atom. The maximum absolute atomic E-state index is 11.9. The molecule has 1 rings (SSSR count). The fraction of sp³-hybridized carbons (Fsp3) is 0.500. The smallest absolute Gasteiger partial charge is 0.253 e. The number of amides is 1. The second kappa shape index (κ2) is 7.87. The first-order valence-corrected chi connectivity index (χ1v) is 7.65. The van der Waals surface area contributed by atoms with E-state index >= 15 is 0 Å². The van der Waals surface area contributed by atoms with Crippen LogP contribution >= 0.6 is 35.0 Å². The zero-order valence-corrected chi connectivity index (χ0v) is 12.7. The number of carbonyl (C=O) groups excluding carboxylic acids is 1. The third kappa shape index (κ3) is 5.04. The van der Waals surface area contributed by atoms with Gasteiger partial charge in [-0.3, -0.25) is 4.79 Å². The number of thioether (sulfide) groups is 1. The summed E-state index contributed by atoms with van der Waals surface area (Å²) in [6, 6.07) is 1.66. The summed E-state index contributed by atoms with van der Waals surface area (Å²) in [7, 11) is 0. The van der Waals surface area contributed by atoms with Crippen molar-refractivity contribution in [2.24, 2.45) is 0 Å². The molecular weight excluding hydrogens is 291 g/mol. The molecule has 100 valence electrons. The molecule has 18 heavy (non-hydrogen) atoms. The van der Waals surface area contributed by atoms with E-state index in [1.807, 2.05) is 18.7 Å². The molecule has 0 bridgehead atoms. The molecule has 1 aromatic rings. The summed E-state index contributed by atoms with van der Waals surface area (Å²) < 4.78 is 0. The average molecular weight is 307 g/mol. The fourth-order valence-electron chi connectivity index (χ4n) is 1.33. The Morgan fingerprint density at radius 2 is 2.28 bits per heavy atom. The van der Waals surface area contributed by atoms with Gasteiger partial charge in [-0.1, -0.05) is 30.1 Å². The third-order valence-corrected chi connectivity index (χ3v) is 3.95. The van der Waals surface area contributed by atoms with Crippen molar-refractivity contribution in [2.45, 2.75) is 26.3 Å². The molecule has 1 aromatic heterocycles. The van der Waals surface area contributed by atoms with Crippen LogP contribution in [0.5, 0.6) is 0 Å². The number of pyridine rings is 1. The van der Waals surface area contributed by atoms with E-state index < -0.39 is 0 Å². The fourth-order valence-corrected chi connectivity index (χ4v) is 2.41. The summed E-state index contributed by atoms with van der Waals surface area (Å²) >= 11 is 13.4. The molecule has 1 amide bonds. The summed E-state index contributed by atoms with van der Waals surface area (Å²) in [6.07, 6.45) is 2.37. The summed E-state index contributed by atoms with van der Waals surface area (Å²) in [5.41, 5.74) is 0.430. The van der Waals surface area contributed by atoms with E-state index in [-0.39, 0.29) is 17.1 Å². The van der Waals surface area contributed by atoms with Gasteiger partial charge in [0, 0.05) is 12.2 Å². The second-order valence-corrected chi connectivity index (χ2v) is 6.02. The van der Waals surface area contributed by atoms with Crippen molar-refractivity contribution in [1.82, 2.24) is 10.3 Å². The topological polar surface area (TPSA) is 42.0 Å². The van der Waals surface area contributed by atoms with Crippen molar-refractivity contribution >= 4 is 40.9 Å². The van der Waals surface area contributed by atoms with Gasteiger partial charge in [-0.25, -0.2) is 4.98 Å². The van der Waals surface area contributed by atoms with Crippen molar-refractivity contribution in [3.63, 3.8) is 0 Å². The van der Waals surface area contributed by atoms with Gasteiger partial charge in [-0.15, -0.1) is 0 Å². The van der Waals surface area contributed by atoms with Crippen molar-refractivity contribution in [3.8, 4) is 0 Å². The van der Waals surface area contributed by atoms with Gasteiger partial charge in [0.1, 0.15) is 5.15 Å². The lowest BCUT2D eigenvalue weighted by molar-refractivity contribution is 0.0939. The zero-order chi connectivity index (χ0) is 13.5. The minimum Gasteiger partial charge on any atom is -0.350 e. The van der Waals surface area contributed by atoms with E-state index in [0.717, 1.165) is 17.9 Å². The van der Waals surface area contributed by atoms with Crippen LogP contribution in [0.4, 0.5) is 0 Å². The van der Waals surface area contributed by atoms with Crippen LogP contribution in [0, 0.1) is 0 Å². The maximum atomic E-state index is 11.9. The number of hydrogen-bond acceptors (Lipinski definition) is 3. The summed E-state index contributed by atoms with van der Waals surface area (Å²) in [4.78, 5) is 15.7. The molecule has 6 heteroatoms. The van der Waals surface area contributed by atoms with Crippen LogP contribution in [0.1, 0.15) is 30.6 Å². The van der Waals surface area contributed by atoms with E-state index in [1.165, 1.54) is 12.3 Å². The summed E-state index contributed by atoms with van der Waals surface area (Å²) in [5.74, 6) is 1.96. The SMILES string of the molecule is CCSCCC(C)NC(=O)c1cnc(Cl)c(Cl)c1. The van der Waals surface area contributed by atoms with Gasteiger partial charge >= 0.3 is 0 Å². The van der Waals surface area contributed by atoms with Crippen LogP contribution in [-0.4, -0.2) is 28.4 Å². The van der Waals surface area contributed by atoms with Gasteiger partial charge < -0.3 is 5.32 Å². The van der Waals surface area contributed by atoms with Crippen molar-refractivity contribution in [1.29, 1.82) is 0 Å². The number of aromatic nitrogens is 1. The van der Waals surface area contributed by atoms with E-state index in [0.29, 0.717) is 10.6 Å². The normalized spacial score (nSPS) is 12.2. The van der Waals surface area contributed by atoms with Crippen LogP contribution in [0.3, 0.4) is 0 Å². The molecule has 0 saturated heterocycles. The Balaban J connectivity index is 2.51. The predicted molar refractivity (Wildman–Crippen MR) is 78.8 cm³/mol. The van der Waals surface area contributed by atoms with Crippen LogP contribution in [0.2, 0.25) is 10.2 Å². The molecule has 1 heterocycles. The number of halogens is 2. The molecule has 3 nitrogen and oxygen atoms in total. The highest BCUT2D eigenvalue weighted by molar-refractivity contribution is 7.99. The first-order valence-electron chi connectivity index (χ1n) is 5.74.